The van der Waals surface area contributed by atoms with E-state index < -0.39 is 18.0 Å². The molecule has 0 aliphatic rings. The summed E-state index contributed by atoms with van der Waals surface area (Å²) >= 11 is 0. The van der Waals surface area contributed by atoms with Gasteiger partial charge in [-0.05, 0) is 13.8 Å². The van der Waals surface area contributed by atoms with Gasteiger partial charge in [-0.3, -0.25) is 4.57 Å². The lowest BCUT2D eigenvalue weighted by atomic mass is 10.3. The van der Waals surface area contributed by atoms with E-state index in [1.54, 1.807) is 13.8 Å². The molecule has 1 aromatic rings. The standard InChI is InChI=1S/C9H13N3O3/c1-3-15-8(13)7(2)11-9(14)12-5-4-10-6-12/h4-7H,3H2,1-2H3,(H,11,14). The lowest BCUT2D eigenvalue weighted by molar-refractivity contribution is -0.144. The highest BCUT2D eigenvalue weighted by atomic mass is 16.5. The van der Waals surface area contributed by atoms with E-state index in [4.69, 9.17) is 4.74 Å². The van der Waals surface area contributed by atoms with Gasteiger partial charge in [-0.25, -0.2) is 14.6 Å². The van der Waals surface area contributed by atoms with Crippen molar-refractivity contribution in [3.63, 3.8) is 0 Å². The van der Waals surface area contributed by atoms with Crippen LogP contribution in [0.15, 0.2) is 18.7 Å². The van der Waals surface area contributed by atoms with Crippen LogP contribution in [0.2, 0.25) is 0 Å². The predicted molar refractivity (Wildman–Crippen MR) is 52.3 cm³/mol. The number of carbonyl (C=O) groups excluding carboxylic acids is 2. The van der Waals surface area contributed by atoms with Gasteiger partial charge in [0, 0.05) is 12.4 Å². The van der Waals surface area contributed by atoms with Crippen LogP contribution in [0.25, 0.3) is 0 Å². The molecule has 1 atom stereocenters. The number of amides is 1. The van der Waals surface area contributed by atoms with E-state index in [1.807, 2.05) is 0 Å². The number of imidazole rings is 1. The average Bonchev–Trinajstić information content (AvgIpc) is 2.70. The highest BCUT2D eigenvalue weighted by Crippen LogP contribution is 1.91. The molecule has 1 heterocycles. The SMILES string of the molecule is CCOC(=O)C(C)NC(=O)n1ccnc1. The first-order valence-electron chi connectivity index (χ1n) is 4.60. The van der Waals surface area contributed by atoms with E-state index in [2.05, 4.69) is 10.3 Å². The summed E-state index contributed by atoms with van der Waals surface area (Å²) in [6.45, 7) is 3.57. The molecule has 82 valence electrons. The molecular formula is C9H13N3O3. The Balaban J connectivity index is 2.48. The molecule has 0 aliphatic carbocycles. The summed E-state index contributed by atoms with van der Waals surface area (Å²) in [4.78, 5) is 26.3. The second-order valence-electron chi connectivity index (χ2n) is 2.89. The molecular weight excluding hydrogens is 198 g/mol. The van der Waals surface area contributed by atoms with Crippen molar-refractivity contribution < 1.29 is 14.3 Å². The lowest BCUT2D eigenvalue weighted by Gasteiger charge is -2.12. The predicted octanol–water partition coefficient (Wildman–Crippen LogP) is 0.392. The number of esters is 1. The van der Waals surface area contributed by atoms with Gasteiger partial charge in [0.15, 0.2) is 0 Å². The summed E-state index contributed by atoms with van der Waals surface area (Å²) in [5.41, 5.74) is 0. The van der Waals surface area contributed by atoms with Gasteiger partial charge >= 0.3 is 12.0 Å². The largest absolute Gasteiger partial charge is 0.464 e. The Kier molecular flexibility index (Phi) is 3.84. The summed E-state index contributed by atoms with van der Waals surface area (Å²) in [5.74, 6) is -0.453. The van der Waals surface area contributed by atoms with Gasteiger partial charge in [-0.2, -0.15) is 0 Å². The minimum absolute atomic E-state index is 0.296. The van der Waals surface area contributed by atoms with Crippen LogP contribution in [0.5, 0.6) is 0 Å². The van der Waals surface area contributed by atoms with Crippen molar-refractivity contribution in [3.05, 3.63) is 18.7 Å². The molecule has 0 fully saturated rings. The van der Waals surface area contributed by atoms with Crippen LogP contribution >= 0.6 is 0 Å². The van der Waals surface area contributed by atoms with Crippen molar-refractivity contribution in [2.45, 2.75) is 19.9 Å². The highest BCUT2D eigenvalue weighted by Gasteiger charge is 2.16. The van der Waals surface area contributed by atoms with Crippen molar-refractivity contribution in [1.82, 2.24) is 14.9 Å². The van der Waals surface area contributed by atoms with Crippen molar-refractivity contribution in [2.24, 2.45) is 0 Å². The molecule has 1 unspecified atom stereocenters. The first-order valence-corrected chi connectivity index (χ1v) is 4.60. The van der Waals surface area contributed by atoms with Crippen molar-refractivity contribution in [3.8, 4) is 0 Å². The molecule has 0 saturated carbocycles. The van der Waals surface area contributed by atoms with E-state index >= 15 is 0 Å². The van der Waals surface area contributed by atoms with Crippen molar-refractivity contribution >= 4 is 12.0 Å². The third-order valence-electron chi connectivity index (χ3n) is 1.72. The zero-order valence-corrected chi connectivity index (χ0v) is 8.64. The van der Waals surface area contributed by atoms with Gasteiger partial charge in [0.25, 0.3) is 0 Å². The third-order valence-corrected chi connectivity index (χ3v) is 1.72. The van der Waals surface area contributed by atoms with Crippen LogP contribution < -0.4 is 5.32 Å². The van der Waals surface area contributed by atoms with E-state index in [0.717, 1.165) is 0 Å². The van der Waals surface area contributed by atoms with E-state index in [9.17, 15) is 9.59 Å². The maximum atomic E-state index is 11.4. The van der Waals surface area contributed by atoms with Crippen molar-refractivity contribution in [1.29, 1.82) is 0 Å². The highest BCUT2D eigenvalue weighted by molar-refractivity contribution is 5.84. The van der Waals surface area contributed by atoms with Gasteiger partial charge in [0.1, 0.15) is 12.4 Å². The van der Waals surface area contributed by atoms with Gasteiger partial charge in [0.2, 0.25) is 0 Å². The number of carbonyl (C=O) groups is 2. The normalized spacial score (nSPS) is 11.9. The number of nitrogens with one attached hydrogen (secondary N) is 1. The van der Waals surface area contributed by atoms with E-state index in [-0.39, 0.29) is 0 Å². The minimum atomic E-state index is -0.667. The van der Waals surface area contributed by atoms with Gasteiger partial charge < -0.3 is 10.1 Å². The number of hydrogen-bond acceptors (Lipinski definition) is 4. The molecule has 15 heavy (non-hydrogen) atoms. The maximum Gasteiger partial charge on any atom is 0.328 e. The molecule has 0 aliphatic heterocycles. The molecule has 1 amide bonds. The molecule has 6 nitrogen and oxygen atoms in total. The molecule has 0 saturated heterocycles. The van der Waals surface area contributed by atoms with Crippen LogP contribution in [-0.4, -0.2) is 34.2 Å². The fourth-order valence-corrected chi connectivity index (χ4v) is 0.965. The van der Waals surface area contributed by atoms with Gasteiger partial charge in [0.05, 0.1) is 6.61 Å². The third kappa shape index (κ3) is 3.08. The van der Waals surface area contributed by atoms with E-state index in [1.165, 1.54) is 23.3 Å². The number of hydrogen-bond donors (Lipinski definition) is 1. The van der Waals surface area contributed by atoms with Crippen LogP contribution in [0, 0.1) is 0 Å². The number of aromatic nitrogens is 2. The smallest absolute Gasteiger partial charge is 0.328 e. The Morgan fingerprint density at radius 2 is 2.33 bits per heavy atom. The molecule has 1 aromatic heterocycles. The number of nitrogens with zero attached hydrogens (tertiary/aromatic N) is 2. The minimum Gasteiger partial charge on any atom is -0.464 e. The summed E-state index contributed by atoms with van der Waals surface area (Å²) in [5, 5.41) is 2.48. The molecule has 0 bridgehead atoms. The Bertz CT molecular complexity index is 334. The number of ether oxygens (including phenoxy) is 1. The summed E-state index contributed by atoms with van der Waals surface area (Å²) in [6, 6.07) is -1.08. The first-order chi connectivity index (χ1) is 7.15. The van der Waals surface area contributed by atoms with Crippen molar-refractivity contribution in [2.75, 3.05) is 6.61 Å². The first kappa shape index (κ1) is 11.2. The molecule has 1 N–H and O–H groups in total. The molecule has 0 radical (unpaired) electrons. The molecule has 0 spiro atoms. The summed E-state index contributed by atoms with van der Waals surface area (Å²) < 4.78 is 5.99. The number of rotatable bonds is 3. The van der Waals surface area contributed by atoms with Crippen LogP contribution in [-0.2, 0) is 9.53 Å². The molecule has 6 heteroatoms. The Morgan fingerprint density at radius 1 is 1.60 bits per heavy atom. The lowest BCUT2D eigenvalue weighted by Crippen LogP contribution is -2.41. The Morgan fingerprint density at radius 3 is 2.87 bits per heavy atom. The van der Waals surface area contributed by atoms with E-state index in [0.29, 0.717) is 6.61 Å². The average molecular weight is 211 g/mol. The fourth-order valence-electron chi connectivity index (χ4n) is 0.965. The van der Waals surface area contributed by atoms with Gasteiger partial charge in [-0.15, -0.1) is 0 Å². The Hall–Kier alpha value is -1.85. The zero-order valence-electron chi connectivity index (χ0n) is 8.64. The Labute approximate surface area is 87.2 Å². The van der Waals surface area contributed by atoms with Crippen LogP contribution in [0.1, 0.15) is 13.8 Å². The van der Waals surface area contributed by atoms with Crippen LogP contribution in [0.3, 0.4) is 0 Å². The fraction of sp³-hybridized carbons (Fsp3) is 0.444. The maximum absolute atomic E-state index is 11.4. The quantitative estimate of drug-likeness (QED) is 0.734. The molecule has 0 aromatic carbocycles. The van der Waals surface area contributed by atoms with Crippen LogP contribution in [0.4, 0.5) is 4.79 Å². The monoisotopic (exact) mass is 211 g/mol. The summed E-state index contributed by atoms with van der Waals surface area (Å²) in [7, 11) is 0. The molecule has 1 rings (SSSR count). The zero-order chi connectivity index (χ0) is 11.3. The second-order valence-corrected chi connectivity index (χ2v) is 2.89. The topological polar surface area (TPSA) is 73.2 Å². The summed E-state index contributed by atoms with van der Waals surface area (Å²) in [6.07, 6.45) is 4.33. The second kappa shape index (κ2) is 5.14. The van der Waals surface area contributed by atoms with Gasteiger partial charge in [-0.1, -0.05) is 0 Å².